The third-order valence-electron chi connectivity index (χ3n) is 9.41. The van der Waals surface area contributed by atoms with Gasteiger partial charge in [0.15, 0.2) is 0 Å². The first kappa shape index (κ1) is 27.4. The van der Waals surface area contributed by atoms with Crippen molar-refractivity contribution in [2.75, 3.05) is 0 Å². The fourth-order valence-corrected chi connectivity index (χ4v) is 7.33. The maximum Gasteiger partial charge on any atom is 0.102 e. The Morgan fingerprint density at radius 1 is 0.375 bits per heavy atom. The molecule has 0 fully saturated rings. The standard InChI is InChI=1S/C44H26N4/c45-27-29-23-24-33(44(25-29)48-41-20-7-3-15-36(41)37-16-4-8-21-42(37)48)31-12-9-11-30(26-31)32-17-10-22-43(38(32)28-46)47-39-18-5-1-13-34(39)35-14-2-6-19-40(35)47/h1-26H. The minimum absolute atomic E-state index is 0.595. The van der Waals surface area contributed by atoms with E-state index in [4.69, 9.17) is 0 Å². The smallest absolute Gasteiger partial charge is 0.102 e. The maximum atomic E-state index is 10.7. The molecule has 0 atom stereocenters. The Hall–Kier alpha value is -6.88. The molecule has 222 valence electrons. The van der Waals surface area contributed by atoms with E-state index in [0.29, 0.717) is 11.1 Å². The average Bonchev–Trinajstić information content (AvgIpc) is 3.67. The van der Waals surface area contributed by atoms with E-state index in [1.54, 1.807) is 0 Å². The molecule has 9 rings (SSSR count). The lowest BCUT2D eigenvalue weighted by molar-refractivity contribution is 1.17. The third-order valence-corrected chi connectivity index (χ3v) is 9.41. The molecule has 0 saturated heterocycles. The van der Waals surface area contributed by atoms with Gasteiger partial charge in [-0.25, -0.2) is 0 Å². The Morgan fingerprint density at radius 2 is 0.854 bits per heavy atom. The van der Waals surface area contributed by atoms with Gasteiger partial charge in [-0.15, -0.1) is 0 Å². The molecule has 0 aliphatic carbocycles. The van der Waals surface area contributed by atoms with Crippen molar-refractivity contribution >= 4 is 43.6 Å². The highest BCUT2D eigenvalue weighted by atomic mass is 15.0. The topological polar surface area (TPSA) is 57.4 Å². The Kier molecular flexibility index (Phi) is 6.22. The molecule has 2 heterocycles. The number of rotatable bonds is 4. The molecule has 9 aromatic rings. The molecular formula is C44H26N4. The number of aromatic nitrogens is 2. The van der Waals surface area contributed by atoms with Crippen molar-refractivity contribution in [2.45, 2.75) is 0 Å². The number of benzene rings is 7. The number of hydrogen-bond acceptors (Lipinski definition) is 2. The van der Waals surface area contributed by atoms with Gasteiger partial charge in [-0.2, -0.15) is 10.5 Å². The average molecular weight is 611 g/mol. The van der Waals surface area contributed by atoms with Crippen LogP contribution in [0.25, 0.3) is 77.2 Å². The number of fused-ring (bicyclic) bond motifs is 6. The van der Waals surface area contributed by atoms with Gasteiger partial charge < -0.3 is 9.13 Å². The zero-order chi connectivity index (χ0) is 32.2. The molecule has 0 aliphatic rings. The van der Waals surface area contributed by atoms with Gasteiger partial charge in [0.05, 0.1) is 50.6 Å². The van der Waals surface area contributed by atoms with E-state index in [9.17, 15) is 10.5 Å². The monoisotopic (exact) mass is 610 g/mol. The van der Waals surface area contributed by atoms with Gasteiger partial charge in [-0.1, -0.05) is 109 Å². The lowest BCUT2D eigenvalue weighted by Crippen LogP contribution is -2.00. The molecule has 0 spiro atoms. The number of hydrogen-bond donors (Lipinski definition) is 0. The van der Waals surface area contributed by atoms with Crippen molar-refractivity contribution in [3.63, 3.8) is 0 Å². The van der Waals surface area contributed by atoms with Crippen molar-refractivity contribution in [3.8, 4) is 45.8 Å². The summed E-state index contributed by atoms with van der Waals surface area (Å²) >= 11 is 0. The molecule has 4 heteroatoms. The van der Waals surface area contributed by atoms with Crippen LogP contribution in [0.2, 0.25) is 0 Å². The van der Waals surface area contributed by atoms with Gasteiger partial charge in [0.1, 0.15) is 6.07 Å². The number of nitrogens with zero attached hydrogens (tertiary/aromatic N) is 4. The summed E-state index contributed by atoms with van der Waals surface area (Å²) in [5.41, 5.74) is 11.1. The lowest BCUT2D eigenvalue weighted by Gasteiger charge is -2.16. The second-order valence-corrected chi connectivity index (χ2v) is 12.0. The van der Waals surface area contributed by atoms with Gasteiger partial charge in [0.2, 0.25) is 0 Å². The Labute approximate surface area is 277 Å². The van der Waals surface area contributed by atoms with Gasteiger partial charge in [-0.3, -0.25) is 0 Å². The predicted molar refractivity (Wildman–Crippen MR) is 195 cm³/mol. The van der Waals surface area contributed by atoms with E-state index >= 15 is 0 Å². The highest BCUT2D eigenvalue weighted by Gasteiger charge is 2.19. The molecule has 0 unspecified atom stereocenters. The minimum Gasteiger partial charge on any atom is -0.309 e. The summed E-state index contributed by atoms with van der Waals surface area (Å²) in [4.78, 5) is 0. The van der Waals surface area contributed by atoms with Crippen LogP contribution in [0, 0.1) is 22.7 Å². The van der Waals surface area contributed by atoms with Crippen LogP contribution in [-0.2, 0) is 0 Å². The van der Waals surface area contributed by atoms with Crippen LogP contribution in [0.4, 0.5) is 0 Å². The largest absolute Gasteiger partial charge is 0.309 e. The van der Waals surface area contributed by atoms with E-state index in [0.717, 1.165) is 77.2 Å². The van der Waals surface area contributed by atoms with E-state index in [1.165, 1.54) is 0 Å². The highest BCUT2D eigenvalue weighted by molar-refractivity contribution is 6.10. The van der Waals surface area contributed by atoms with Crippen LogP contribution < -0.4 is 0 Å². The first-order valence-electron chi connectivity index (χ1n) is 15.9. The zero-order valence-corrected chi connectivity index (χ0v) is 25.8. The number of nitriles is 2. The maximum absolute atomic E-state index is 10.7. The van der Waals surface area contributed by atoms with Gasteiger partial charge in [0, 0.05) is 32.7 Å². The molecule has 0 N–H and O–H groups in total. The van der Waals surface area contributed by atoms with Gasteiger partial charge in [0.25, 0.3) is 0 Å². The fraction of sp³-hybridized carbons (Fsp3) is 0. The first-order valence-corrected chi connectivity index (χ1v) is 15.9. The van der Waals surface area contributed by atoms with E-state index in [2.05, 4.69) is 124 Å². The molecule has 0 bridgehead atoms. The van der Waals surface area contributed by atoms with Crippen LogP contribution in [0.1, 0.15) is 11.1 Å². The van der Waals surface area contributed by atoms with Crippen molar-refractivity contribution in [2.24, 2.45) is 0 Å². The SMILES string of the molecule is N#Cc1ccc(-c2cccc(-c3cccc(-n4c5ccccc5c5ccccc54)c3C#N)c2)c(-n2c3ccccc3c3ccccc32)c1. The molecular weight excluding hydrogens is 585 g/mol. The fourth-order valence-electron chi connectivity index (χ4n) is 7.33. The molecule has 0 amide bonds. The molecule has 0 radical (unpaired) electrons. The molecule has 7 aromatic carbocycles. The summed E-state index contributed by atoms with van der Waals surface area (Å²) in [6.45, 7) is 0. The van der Waals surface area contributed by atoms with Gasteiger partial charge >= 0.3 is 0 Å². The second-order valence-electron chi connectivity index (χ2n) is 12.0. The summed E-state index contributed by atoms with van der Waals surface area (Å²) in [6.07, 6.45) is 0. The summed E-state index contributed by atoms with van der Waals surface area (Å²) < 4.78 is 4.47. The van der Waals surface area contributed by atoms with E-state index in [1.807, 2.05) is 54.6 Å². The molecule has 48 heavy (non-hydrogen) atoms. The predicted octanol–water partition coefficient (Wildman–Crippen LogP) is 11.0. The zero-order valence-electron chi connectivity index (χ0n) is 25.8. The normalized spacial score (nSPS) is 11.3. The van der Waals surface area contributed by atoms with Crippen LogP contribution in [0.15, 0.2) is 158 Å². The second kappa shape index (κ2) is 10.9. The van der Waals surface area contributed by atoms with Crippen LogP contribution in [-0.4, -0.2) is 9.13 Å². The van der Waals surface area contributed by atoms with Crippen LogP contribution in [0.3, 0.4) is 0 Å². The first-order chi connectivity index (χ1) is 23.7. The van der Waals surface area contributed by atoms with Crippen LogP contribution >= 0.6 is 0 Å². The van der Waals surface area contributed by atoms with Crippen LogP contribution in [0.5, 0.6) is 0 Å². The lowest BCUT2D eigenvalue weighted by atomic mass is 9.94. The Bertz CT molecular complexity index is 2710. The molecule has 0 aliphatic heterocycles. The minimum atomic E-state index is 0.595. The Morgan fingerprint density at radius 3 is 1.38 bits per heavy atom. The third kappa shape index (κ3) is 4.07. The van der Waals surface area contributed by atoms with Gasteiger partial charge in [-0.05, 0) is 59.7 Å². The quantitative estimate of drug-likeness (QED) is 0.199. The van der Waals surface area contributed by atoms with E-state index in [-0.39, 0.29) is 0 Å². The van der Waals surface area contributed by atoms with Crippen molar-refractivity contribution < 1.29 is 0 Å². The van der Waals surface area contributed by atoms with Crippen molar-refractivity contribution in [1.82, 2.24) is 9.13 Å². The summed E-state index contributed by atoms with van der Waals surface area (Å²) in [5.74, 6) is 0. The summed E-state index contributed by atoms with van der Waals surface area (Å²) in [7, 11) is 0. The molecule has 2 aromatic heterocycles. The highest BCUT2D eigenvalue weighted by Crippen LogP contribution is 2.39. The van der Waals surface area contributed by atoms with E-state index < -0.39 is 0 Å². The number of para-hydroxylation sites is 4. The Balaban J connectivity index is 1.26. The molecule has 4 nitrogen and oxygen atoms in total. The van der Waals surface area contributed by atoms with Crippen molar-refractivity contribution in [3.05, 3.63) is 169 Å². The summed E-state index contributed by atoms with van der Waals surface area (Å²) in [5, 5.41) is 25.3. The molecule has 0 saturated carbocycles. The summed E-state index contributed by atoms with van der Waals surface area (Å²) in [6, 6.07) is 58.8. The van der Waals surface area contributed by atoms with Crippen molar-refractivity contribution in [1.29, 1.82) is 10.5 Å².